The summed E-state index contributed by atoms with van der Waals surface area (Å²) < 4.78 is 11.3. The van der Waals surface area contributed by atoms with Crippen molar-refractivity contribution in [3.05, 3.63) is 0 Å². The first-order valence-electron chi connectivity index (χ1n) is 7.35. The fourth-order valence-corrected chi connectivity index (χ4v) is 1.51. The Morgan fingerprint density at radius 1 is 1.26 bits per heavy atom. The number of ether oxygens (including phenoxy) is 2. The molecule has 0 spiro atoms. The second kappa shape index (κ2) is 10.2. The largest absolute Gasteiger partial charge is 0.377 e. The van der Waals surface area contributed by atoms with Crippen LogP contribution in [0, 0.1) is 5.92 Å². The van der Waals surface area contributed by atoms with Crippen LogP contribution in [-0.2, 0) is 14.3 Å². The minimum absolute atomic E-state index is 0.0959. The summed E-state index contributed by atoms with van der Waals surface area (Å²) in [6.07, 6.45) is 2.53. The maximum atomic E-state index is 11.2. The summed E-state index contributed by atoms with van der Waals surface area (Å²) >= 11 is 0. The Kier molecular flexibility index (Phi) is 9.88. The molecule has 0 heterocycles. The second-order valence-corrected chi connectivity index (χ2v) is 5.94. The Balaban J connectivity index is 3.55. The molecular weight excluding hydrogens is 242 g/mol. The maximum Gasteiger partial charge on any atom is 0.220 e. The Hall–Kier alpha value is -0.610. The molecule has 0 unspecified atom stereocenters. The van der Waals surface area contributed by atoms with Gasteiger partial charge in [0.25, 0.3) is 0 Å². The van der Waals surface area contributed by atoms with E-state index in [0.29, 0.717) is 32.1 Å². The van der Waals surface area contributed by atoms with Crippen molar-refractivity contribution in [2.24, 2.45) is 5.92 Å². The number of amides is 1. The lowest BCUT2D eigenvalue weighted by atomic mass is 10.1. The third-order valence-corrected chi connectivity index (χ3v) is 2.68. The highest BCUT2D eigenvalue weighted by molar-refractivity contribution is 5.75. The number of rotatable bonds is 11. The Labute approximate surface area is 118 Å². The molecule has 114 valence electrons. The van der Waals surface area contributed by atoms with Gasteiger partial charge in [-0.15, -0.1) is 0 Å². The zero-order valence-corrected chi connectivity index (χ0v) is 13.3. The summed E-state index contributed by atoms with van der Waals surface area (Å²) in [6, 6.07) is 0. The van der Waals surface area contributed by atoms with E-state index in [0.717, 1.165) is 19.4 Å². The van der Waals surface area contributed by atoms with Gasteiger partial charge in [0.2, 0.25) is 5.91 Å². The lowest BCUT2D eigenvalue weighted by Gasteiger charge is -2.25. The number of carbonyl (C=O) groups excluding carboxylic acids is 1. The number of nitrogens with one attached hydrogen (secondary N) is 1. The van der Waals surface area contributed by atoms with Crippen molar-refractivity contribution in [1.29, 1.82) is 0 Å². The van der Waals surface area contributed by atoms with E-state index >= 15 is 0 Å². The average molecular weight is 273 g/mol. The van der Waals surface area contributed by atoms with E-state index < -0.39 is 0 Å². The van der Waals surface area contributed by atoms with Gasteiger partial charge in [0.05, 0.1) is 18.8 Å². The molecule has 0 aromatic carbocycles. The molecule has 4 nitrogen and oxygen atoms in total. The molecule has 0 aromatic rings. The fraction of sp³-hybridized carbons (Fsp3) is 0.933. The van der Waals surface area contributed by atoms with Crippen molar-refractivity contribution < 1.29 is 14.3 Å². The van der Waals surface area contributed by atoms with E-state index in [9.17, 15) is 4.79 Å². The van der Waals surface area contributed by atoms with Gasteiger partial charge in [-0.3, -0.25) is 4.79 Å². The van der Waals surface area contributed by atoms with Crippen molar-refractivity contribution in [1.82, 2.24) is 5.32 Å². The second-order valence-electron chi connectivity index (χ2n) is 5.94. The van der Waals surface area contributed by atoms with E-state index in [4.69, 9.17) is 9.47 Å². The molecule has 4 heteroatoms. The molecule has 0 radical (unpaired) electrons. The van der Waals surface area contributed by atoms with Gasteiger partial charge in [-0.25, -0.2) is 0 Å². The van der Waals surface area contributed by atoms with Gasteiger partial charge < -0.3 is 14.8 Å². The van der Waals surface area contributed by atoms with E-state index in [-0.39, 0.29) is 11.5 Å². The highest BCUT2D eigenvalue weighted by atomic mass is 16.5. The van der Waals surface area contributed by atoms with Gasteiger partial charge in [0, 0.05) is 19.6 Å². The van der Waals surface area contributed by atoms with Crippen molar-refractivity contribution in [3.63, 3.8) is 0 Å². The molecule has 0 saturated heterocycles. The van der Waals surface area contributed by atoms with Crippen LogP contribution < -0.4 is 5.32 Å². The zero-order chi connectivity index (χ0) is 14.7. The first-order valence-corrected chi connectivity index (χ1v) is 7.35. The number of hydrogen-bond donors (Lipinski definition) is 1. The molecule has 0 bridgehead atoms. The van der Waals surface area contributed by atoms with E-state index in [1.807, 2.05) is 20.8 Å². The van der Waals surface area contributed by atoms with E-state index in [1.165, 1.54) is 0 Å². The van der Waals surface area contributed by atoms with Crippen LogP contribution in [0.25, 0.3) is 0 Å². The predicted octanol–water partition coefficient (Wildman–Crippen LogP) is 2.76. The monoisotopic (exact) mass is 273 g/mol. The lowest BCUT2D eigenvalue weighted by Crippen LogP contribution is -2.33. The molecule has 0 fully saturated rings. The molecule has 0 aliphatic rings. The average Bonchev–Trinajstić information content (AvgIpc) is 2.27. The molecule has 0 aliphatic carbocycles. The van der Waals surface area contributed by atoms with Gasteiger partial charge in [0.15, 0.2) is 0 Å². The summed E-state index contributed by atoms with van der Waals surface area (Å²) in [5.41, 5.74) is -0.262. The quantitative estimate of drug-likeness (QED) is 0.589. The van der Waals surface area contributed by atoms with Crippen molar-refractivity contribution >= 4 is 5.91 Å². The summed E-state index contributed by atoms with van der Waals surface area (Å²) in [4.78, 5) is 11.2. The summed E-state index contributed by atoms with van der Waals surface area (Å²) in [5, 5.41) is 2.82. The Bertz CT molecular complexity index is 240. The molecule has 0 atom stereocenters. The number of carbonyl (C=O) groups is 1. The van der Waals surface area contributed by atoms with E-state index in [1.54, 1.807) is 0 Å². The van der Waals surface area contributed by atoms with Crippen molar-refractivity contribution in [2.75, 3.05) is 26.4 Å². The van der Waals surface area contributed by atoms with Crippen molar-refractivity contribution in [3.8, 4) is 0 Å². The van der Waals surface area contributed by atoms with Crippen LogP contribution in [0.5, 0.6) is 0 Å². The standard InChI is InChI=1S/C15H31NO3/c1-6-7-14(17)16-9-11-18-12-15(4,5)19-10-8-13(2)3/h13H,6-12H2,1-5H3,(H,16,17). The van der Waals surface area contributed by atoms with Crippen LogP contribution in [-0.4, -0.2) is 37.9 Å². The third kappa shape index (κ3) is 12.2. The molecule has 1 N–H and O–H groups in total. The molecule has 0 aromatic heterocycles. The first kappa shape index (κ1) is 18.4. The molecule has 0 saturated carbocycles. The van der Waals surface area contributed by atoms with Crippen molar-refractivity contribution in [2.45, 2.75) is 59.5 Å². The van der Waals surface area contributed by atoms with Crippen LogP contribution >= 0.6 is 0 Å². The Morgan fingerprint density at radius 2 is 1.95 bits per heavy atom. The number of hydrogen-bond acceptors (Lipinski definition) is 3. The maximum absolute atomic E-state index is 11.2. The third-order valence-electron chi connectivity index (χ3n) is 2.68. The van der Waals surface area contributed by atoms with Crippen LogP contribution in [0.4, 0.5) is 0 Å². The van der Waals surface area contributed by atoms with Gasteiger partial charge >= 0.3 is 0 Å². The first-order chi connectivity index (χ1) is 8.87. The molecule has 0 aliphatic heterocycles. The SMILES string of the molecule is CCCC(=O)NCCOCC(C)(C)OCCC(C)C. The van der Waals surface area contributed by atoms with Crippen LogP contribution in [0.1, 0.15) is 53.9 Å². The predicted molar refractivity (Wildman–Crippen MR) is 78.2 cm³/mol. The normalized spacial score (nSPS) is 11.9. The van der Waals surface area contributed by atoms with Crippen LogP contribution in [0.3, 0.4) is 0 Å². The minimum Gasteiger partial charge on any atom is -0.377 e. The van der Waals surface area contributed by atoms with Crippen LogP contribution in [0.15, 0.2) is 0 Å². The summed E-state index contributed by atoms with van der Waals surface area (Å²) in [7, 11) is 0. The van der Waals surface area contributed by atoms with Gasteiger partial charge in [0.1, 0.15) is 0 Å². The highest BCUT2D eigenvalue weighted by Gasteiger charge is 2.18. The molecule has 19 heavy (non-hydrogen) atoms. The smallest absolute Gasteiger partial charge is 0.220 e. The van der Waals surface area contributed by atoms with Crippen LogP contribution in [0.2, 0.25) is 0 Å². The molecular formula is C15H31NO3. The lowest BCUT2D eigenvalue weighted by molar-refractivity contribution is -0.121. The summed E-state index contributed by atoms with van der Waals surface area (Å²) in [5.74, 6) is 0.754. The molecule has 0 rings (SSSR count). The van der Waals surface area contributed by atoms with Gasteiger partial charge in [-0.1, -0.05) is 20.8 Å². The minimum atomic E-state index is -0.262. The molecule has 1 amide bonds. The fourth-order valence-electron chi connectivity index (χ4n) is 1.51. The summed E-state index contributed by atoms with van der Waals surface area (Å²) in [6.45, 7) is 12.8. The van der Waals surface area contributed by atoms with Gasteiger partial charge in [-0.05, 0) is 32.6 Å². The Morgan fingerprint density at radius 3 is 2.53 bits per heavy atom. The topological polar surface area (TPSA) is 47.6 Å². The van der Waals surface area contributed by atoms with E-state index in [2.05, 4.69) is 19.2 Å². The zero-order valence-electron chi connectivity index (χ0n) is 13.3. The highest BCUT2D eigenvalue weighted by Crippen LogP contribution is 2.11. The van der Waals surface area contributed by atoms with Gasteiger partial charge in [-0.2, -0.15) is 0 Å².